The quantitative estimate of drug-likeness (QED) is 0.140. The van der Waals surface area contributed by atoms with Crippen LogP contribution in [0.25, 0.3) is 0 Å². The maximum atomic E-state index is 9.18. The standard InChI is InChI=1S/C40H76O2/c1-31(10-6-13-34(4)37-19-17-35(28-37)14-7-11-32(2)22-26-41)21-25-40(5)24-9-16-39(30-40)38-20-18-36(29-38)15-8-12-33(3)23-27-42/h31-39,41-42H,6-30H2,1-5H3. The molecule has 3 rings (SSSR count). The van der Waals surface area contributed by atoms with Crippen LogP contribution < -0.4 is 0 Å². The van der Waals surface area contributed by atoms with Crippen LogP contribution in [-0.2, 0) is 0 Å². The molecule has 2 heteroatoms. The lowest BCUT2D eigenvalue weighted by atomic mass is 9.64. The Hall–Kier alpha value is -0.0800. The molecule has 3 saturated carbocycles. The fourth-order valence-corrected chi connectivity index (χ4v) is 9.96. The minimum absolute atomic E-state index is 0.359. The molecule has 10 atom stereocenters. The van der Waals surface area contributed by atoms with Crippen molar-refractivity contribution < 1.29 is 10.2 Å². The molecule has 3 aliphatic carbocycles. The highest BCUT2D eigenvalue weighted by Gasteiger charge is 2.38. The van der Waals surface area contributed by atoms with E-state index in [2.05, 4.69) is 34.6 Å². The average Bonchev–Trinajstić information content (AvgIpc) is 3.63. The van der Waals surface area contributed by atoms with Crippen molar-refractivity contribution in [3.63, 3.8) is 0 Å². The van der Waals surface area contributed by atoms with Gasteiger partial charge in [-0.15, -0.1) is 0 Å². The highest BCUT2D eigenvalue weighted by molar-refractivity contribution is 4.89. The third kappa shape index (κ3) is 13.1. The van der Waals surface area contributed by atoms with Gasteiger partial charge in [0.15, 0.2) is 0 Å². The smallest absolute Gasteiger partial charge is 0.0433 e. The molecule has 0 aromatic carbocycles. The van der Waals surface area contributed by atoms with Crippen LogP contribution in [0.2, 0.25) is 0 Å². The van der Waals surface area contributed by atoms with E-state index in [-0.39, 0.29) is 0 Å². The third-order valence-corrected chi connectivity index (χ3v) is 13.2. The van der Waals surface area contributed by atoms with Gasteiger partial charge in [-0.2, -0.15) is 0 Å². The van der Waals surface area contributed by atoms with Crippen molar-refractivity contribution in [2.75, 3.05) is 13.2 Å². The summed E-state index contributed by atoms with van der Waals surface area (Å²) in [5.41, 5.74) is 0.608. The summed E-state index contributed by atoms with van der Waals surface area (Å²) in [6.07, 6.45) is 32.5. The molecule has 0 spiro atoms. The van der Waals surface area contributed by atoms with E-state index in [1.54, 1.807) is 0 Å². The van der Waals surface area contributed by atoms with E-state index >= 15 is 0 Å². The lowest BCUT2D eigenvalue weighted by Crippen LogP contribution is -2.29. The zero-order valence-electron chi connectivity index (χ0n) is 29.3. The maximum Gasteiger partial charge on any atom is 0.0433 e. The first-order valence-corrected chi connectivity index (χ1v) is 19.4. The van der Waals surface area contributed by atoms with Gasteiger partial charge in [0.25, 0.3) is 0 Å². The van der Waals surface area contributed by atoms with Crippen molar-refractivity contribution in [3.05, 3.63) is 0 Å². The summed E-state index contributed by atoms with van der Waals surface area (Å²) in [7, 11) is 0. The second-order valence-electron chi connectivity index (χ2n) is 17.2. The molecule has 42 heavy (non-hydrogen) atoms. The Kier molecular flexibility index (Phi) is 16.8. The first-order valence-electron chi connectivity index (χ1n) is 19.4. The van der Waals surface area contributed by atoms with E-state index in [0.717, 1.165) is 54.3 Å². The summed E-state index contributed by atoms with van der Waals surface area (Å²) in [6, 6.07) is 0. The Bertz CT molecular complexity index is 691. The largest absolute Gasteiger partial charge is 0.396 e. The second-order valence-corrected chi connectivity index (χ2v) is 17.2. The Morgan fingerprint density at radius 2 is 1.21 bits per heavy atom. The van der Waals surface area contributed by atoms with Crippen LogP contribution in [0, 0.1) is 58.7 Å². The molecule has 0 aliphatic heterocycles. The molecule has 0 radical (unpaired) electrons. The molecule has 2 N–H and O–H groups in total. The number of aliphatic hydroxyl groups is 2. The molecule has 0 aromatic heterocycles. The molecule has 0 amide bonds. The summed E-state index contributed by atoms with van der Waals surface area (Å²) in [6.45, 7) is 13.1. The topological polar surface area (TPSA) is 40.5 Å². The lowest BCUT2D eigenvalue weighted by Gasteiger charge is -2.41. The van der Waals surface area contributed by atoms with Gasteiger partial charge in [0, 0.05) is 13.2 Å². The molecule has 248 valence electrons. The van der Waals surface area contributed by atoms with E-state index in [9.17, 15) is 5.11 Å². The van der Waals surface area contributed by atoms with Crippen LogP contribution in [0.15, 0.2) is 0 Å². The third-order valence-electron chi connectivity index (χ3n) is 13.2. The second kappa shape index (κ2) is 19.4. The summed E-state index contributed by atoms with van der Waals surface area (Å²) in [4.78, 5) is 0. The molecule has 3 aliphatic rings. The van der Waals surface area contributed by atoms with Gasteiger partial charge >= 0.3 is 0 Å². The average molecular weight is 589 g/mol. The lowest BCUT2D eigenvalue weighted by molar-refractivity contribution is 0.101. The predicted octanol–water partition coefficient (Wildman–Crippen LogP) is 11.6. The van der Waals surface area contributed by atoms with Crippen molar-refractivity contribution in [1.29, 1.82) is 0 Å². The zero-order valence-corrected chi connectivity index (χ0v) is 29.3. The number of rotatable bonds is 21. The Labute approximate surface area is 264 Å². The molecule has 0 saturated heterocycles. The van der Waals surface area contributed by atoms with Crippen LogP contribution >= 0.6 is 0 Å². The zero-order chi connectivity index (χ0) is 30.4. The van der Waals surface area contributed by atoms with E-state index in [1.165, 1.54) is 135 Å². The summed E-state index contributed by atoms with van der Waals surface area (Å²) >= 11 is 0. The highest BCUT2D eigenvalue weighted by atomic mass is 16.3. The fraction of sp³-hybridized carbons (Fsp3) is 1.00. The number of aliphatic hydroxyl groups excluding tert-OH is 2. The van der Waals surface area contributed by atoms with Gasteiger partial charge in [-0.1, -0.05) is 125 Å². The molecular formula is C40H76O2. The molecule has 3 fully saturated rings. The minimum atomic E-state index is 0.359. The van der Waals surface area contributed by atoms with Crippen LogP contribution in [0.1, 0.15) is 182 Å². The molecule has 0 aromatic rings. The summed E-state index contributed by atoms with van der Waals surface area (Å²) in [5, 5.41) is 18.3. The van der Waals surface area contributed by atoms with Crippen LogP contribution in [-0.4, -0.2) is 23.4 Å². The molecule has 10 unspecified atom stereocenters. The first-order chi connectivity index (χ1) is 20.2. The molecule has 2 nitrogen and oxygen atoms in total. The predicted molar refractivity (Wildman–Crippen MR) is 183 cm³/mol. The van der Waals surface area contributed by atoms with Gasteiger partial charge < -0.3 is 10.2 Å². The van der Waals surface area contributed by atoms with E-state index in [4.69, 9.17) is 5.11 Å². The van der Waals surface area contributed by atoms with Crippen LogP contribution in [0.5, 0.6) is 0 Å². The van der Waals surface area contributed by atoms with Gasteiger partial charge in [-0.3, -0.25) is 0 Å². The van der Waals surface area contributed by atoms with E-state index in [1.807, 2.05) is 0 Å². The first kappa shape index (κ1) is 36.4. The van der Waals surface area contributed by atoms with Crippen molar-refractivity contribution >= 4 is 0 Å². The van der Waals surface area contributed by atoms with Crippen LogP contribution in [0.3, 0.4) is 0 Å². The van der Waals surface area contributed by atoms with Gasteiger partial charge in [0.05, 0.1) is 0 Å². The number of hydrogen-bond donors (Lipinski definition) is 2. The van der Waals surface area contributed by atoms with Crippen molar-refractivity contribution in [2.24, 2.45) is 58.7 Å². The summed E-state index contributed by atoms with van der Waals surface area (Å²) in [5.74, 6) is 8.22. The molecular weight excluding hydrogens is 512 g/mol. The molecule has 0 heterocycles. The molecule has 0 bridgehead atoms. The van der Waals surface area contributed by atoms with E-state index in [0.29, 0.717) is 30.5 Å². The van der Waals surface area contributed by atoms with Gasteiger partial charge in [0.2, 0.25) is 0 Å². The van der Waals surface area contributed by atoms with Crippen molar-refractivity contribution in [2.45, 2.75) is 182 Å². The Balaban J connectivity index is 1.26. The minimum Gasteiger partial charge on any atom is -0.396 e. The normalized spacial score (nSPS) is 33.1. The monoisotopic (exact) mass is 589 g/mol. The SMILES string of the molecule is CC(CCO)CCCC1CCC(C(C)CCCC(C)CCC2(C)CCCC(C3CCC(CCCC(C)CCO)C3)C2)C1. The van der Waals surface area contributed by atoms with Gasteiger partial charge in [-0.05, 0) is 116 Å². The highest BCUT2D eigenvalue weighted by Crippen LogP contribution is 2.50. The fourth-order valence-electron chi connectivity index (χ4n) is 9.96. The van der Waals surface area contributed by atoms with E-state index < -0.39 is 0 Å². The van der Waals surface area contributed by atoms with Gasteiger partial charge in [-0.25, -0.2) is 0 Å². The number of hydrogen-bond acceptors (Lipinski definition) is 2. The Morgan fingerprint density at radius 3 is 1.88 bits per heavy atom. The summed E-state index contributed by atoms with van der Waals surface area (Å²) < 4.78 is 0. The van der Waals surface area contributed by atoms with Crippen molar-refractivity contribution in [1.82, 2.24) is 0 Å². The van der Waals surface area contributed by atoms with Crippen molar-refractivity contribution in [3.8, 4) is 0 Å². The van der Waals surface area contributed by atoms with Gasteiger partial charge in [0.1, 0.15) is 0 Å². The Morgan fingerprint density at radius 1 is 0.619 bits per heavy atom. The van der Waals surface area contributed by atoms with Crippen LogP contribution in [0.4, 0.5) is 0 Å². The maximum absolute atomic E-state index is 9.18.